The summed E-state index contributed by atoms with van der Waals surface area (Å²) in [6.45, 7) is 3.27. The summed E-state index contributed by atoms with van der Waals surface area (Å²) in [7, 11) is 0. The Morgan fingerprint density at radius 1 is 1.19 bits per heavy atom. The summed E-state index contributed by atoms with van der Waals surface area (Å²) in [5.74, 6) is 0.970. The Balaban J connectivity index is 1.76. The van der Waals surface area contributed by atoms with E-state index in [1.807, 2.05) is 24.3 Å². The highest BCUT2D eigenvalue weighted by Gasteiger charge is 2.10. The first-order chi connectivity index (χ1) is 10.2. The number of nitro benzene ring substituents is 1. The lowest BCUT2D eigenvalue weighted by atomic mass is 10.1. The molecule has 0 unspecified atom stereocenters. The molecular formula is C16H18N2O2S. The number of hydrogen-bond donors (Lipinski definition) is 1. The summed E-state index contributed by atoms with van der Waals surface area (Å²) in [4.78, 5) is 11.8. The molecular weight excluding hydrogens is 284 g/mol. The van der Waals surface area contributed by atoms with E-state index in [0.29, 0.717) is 12.1 Å². The third-order valence-corrected chi connectivity index (χ3v) is 4.10. The van der Waals surface area contributed by atoms with Crippen molar-refractivity contribution in [2.24, 2.45) is 0 Å². The second-order valence-electron chi connectivity index (χ2n) is 4.72. The molecule has 0 aliphatic carbocycles. The van der Waals surface area contributed by atoms with Gasteiger partial charge in [0.15, 0.2) is 0 Å². The van der Waals surface area contributed by atoms with Gasteiger partial charge in [0.1, 0.15) is 0 Å². The fourth-order valence-electron chi connectivity index (χ4n) is 1.95. The maximum Gasteiger partial charge on any atom is 0.272 e. The van der Waals surface area contributed by atoms with Crippen LogP contribution in [0.15, 0.2) is 53.4 Å². The van der Waals surface area contributed by atoms with Gasteiger partial charge in [-0.2, -0.15) is 0 Å². The standard InChI is InChI=1S/C16H18N2O2S/c1-13-7-8-14(11-16(13)18(19)20)12-17-9-10-21-15-5-3-2-4-6-15/h2-8,11,17H,9-10,12H2,1H3. The molecule has 0 aliphatic heterocycles. The Labute approximate surface area is 128 Å². The zero-order valence-corrected chi connectivity index (χ0v) is 12.7. The van der Waals surface area contributed by atoms with Gasteiger partial charge in [-0.15, -0.1) is 11.8 Å². The lowest BCUT2D eigenvalue weighted by Crippen LogP contribution is -2.16. The zero-order chi connectivity index (χ0) is 15.1. The van der Waals surface area contributed by atoms with Crippen LogP contribution in [-0.2, 0) is 6.54 Å². The highest BCUT2D eigenvalue weighted by atomic mass is 32.2. The van der Waals surface area contributed by atoms with Gasteiger partial charge >= 0.3 is 0 Å². The van der Waals surface area contributed by atoms with Crippen molar-refractivity contribution in [3.8, 4) is 0 Å². The highest BCUT2D eigenvalue weighted by Crippen LogP contribution is 2.19. The van der Waals surface area contributed by atoms with Crippen molar-refractivity contribution in [3.63, 3.8) is 0 Å². The van der Waals surface area contributed by atoms with E-state index in [2.05, 4.69) is 17.4 Å². The van der Waals surface area contributed by atoms with Crippen molar-refractivity contribution < 1.29 is 4.92 Å². The van der Waals surface area contributed by atoms with Gasteiger partial charge in [-0.25, -0.2) is 0 Å². The van der Waals surface area contributed by atoms with Crippen LogP contribution in [0.5, 0.6) is 0 Å². The van der Waals surface area contributed by atoms with Crippen LogP contribution in [0.1, 0.15) is 11.1 Å². The predicted octanol–water partition coefficient (Wildman–Crippen LogP) is 3.79. The van der Waals surface area contributed by atoms with Gasteiger partial charge in [0.05, 0.1) is 4.92 Å². The molecule has 4 nitrogen and oxygen atoms in total. The minimum Gasteiger partial charge on any atom is -0.312 e. The van der Waals surface area contributed by atoms with Gasteiger partial charge < -0.3 is 5.32 Å². The van der Waals surface area contributed by atoms with Gasteiger partial charge in [0, 0.05) is 35.4 Å². The average molecular weight is 302 g/mol. The number of nitrogens with one attached hydrogen (secondary N) is 1. The van der Waals surface area contributed by atoms with Crippen molar-refractivity contribution in [2.75, 3.05) is 12.3 Å². The average Bonchev–Trinajstić information content (AvgIpc) is 2.49. The van der Waals surface area contributed by atoms with E-state index in [0.717, 1.165) is 17.9 Å². The van der Waals surface area contributed by atoms with Crippen LogP contribution in [0.25, 0.3) is 0 Å². The maximum absolute atomic E-state index is 10.9. The Morgan fingerprint density at radius 3 is 2.67 bits per heavy atom. The van der Waals surface area contributed by atoms with Crippen LogP contribution in [0.2, 0.25) is 0 Å². The first-order valence-electron chi connectivity index (χ1n) is 6.79. The topological polar surface area (TPSA) is 55.2 Å². The molecule has 0 radical (unpaired) electrons. The molecule has 110 valence electrons. The van der Waals surface area contributed by atoms with Crippen LogP contribution in [-0.4, -0.2) is 17.2 Å². The minimum absolute atomic E-state index is 0.188. The summed E-state index contributed by atoms with van der Waals surface area (Å²) in [5, 5.41) is 14.2. The first kappa shape index (κ1) is 15.5. The van der Waals surface area contributed by atoms with E-state index in [1.165, 1.54) is 4.90 Å². The molecule has 2 rings (SSSR count). The smallest absolute Gasteiger partial charge is 0.272 e. The summed E-state index contributed by atoms with van der Waals surface area (Å²) in [6.07, 6.45) is 0. The summed E-state index contributed by atoms with van der Waals surface area (Å²) >= 11 is 1.80. The van der Waals surface area contributed by atoms with E-state index in [4.69, 9.17) is 0 Å². The summed E-state index contributed by atoms with van der Waals surface area (Å²) in [5.41, 5.74) is 1.83. The number of nitro groups is 1. The molecule has 0 atom stereocenters. The Bertz CT molecular complexity index is 602. The Hall–Kier alpha value is -1.85. The van der Waals surface area contributed by atoms with Gasteiger partial charge in [-0.05, 0) is 24.6 Å². The molecule has 0 heterocycles. The second-order valence-corrected chi connectivity index (χ2v) is 5.88. The quantitative estimate of drug-likeness (QED) is 0.366. The number of benzene rings is 2. The molecule has 0 bridgehead atoms. The molecule has 1 N–H and O–H groups in total. The molecule has 21 heavy (non-hydrogen) atoms. The molecule has 0 aliphatic rings. The highest BCUT2D eigenvalue weighted by molar-refractivity contribution is 7.99. The van der Waals surface area contributed by atoms with Crippen LogP contribution in [0, 0.1) is 17.0 Å². The van der Waals surface area contributed by atoms with E-state index < -0.39 is 0 Å². The zero-order valence-electron chi connectivity index (χ0n) is 11.9. The summed E-state index contributed by atoms with van der Waals surface area (Å²) < 4.78 is 0. The van der Waals surface area contributed by atoms with Crippen molar-refractivity contribution >= 4 is 17.4 Å². The minimum atomic E-state index is -0.329. The monoisotopic (exact) mass is 302 g/mol. The van der Waals surface area contributed by atoms with Crippen molar-refractivity contribution in [1.29, 1.82) is 0 Å². The second kappa shape index (κ2) is 7.81. The van der Waals surface area contributed by atoms with E-state index in [9.17, 15) is 10.1 Å². The normalized spacial score (nSPS) is 10.5. The number of nitrogens with zero attached hydrogens (tertiary/aromatic N) is 1. The Morgan fingerprint density at radius 2 is 1.95 bits per heavy atom. The number of aryl methyl sites for hydroxylation is 1. The van der Waals surface area contributed by atoms with Crippen LogP contribution >= 0.6 is 11.8 Å². The molecule has 0 saturated carbocycles. The Kier molecular flexibility index (Phi) is 5.78. The fraction of sp³-hybridized carbons (Fsp3) is 0.250. The van der Waals surface area contributed by atoms with Gasteiger partial charge in [0.2, 0.25) is 0 Å². The lowest BCUT2D eigenvalue weighted by molar-refractivity contribution is -0.385. The molecule has 2 aromatic rings. The molecule has 0 saturated heterocycles. The third kappa shape index (κ3) is 4.88. The summed E-state index contributed by atoms with van der Waals surface area (Å²) in [6, 6.07) is 15.6. The number of thioether (sulfide) groups is 1. The van der Waals surface area contributed by atoms with E-state index in [-0.39, 0.29) is 10.6 Å². The first-order valence-corrected chi connectivity index (χ1v) is 7.78. The van der Waals surface area contributed by atoms with Gasteiger partial charge in [-0.3, -0.25) is 10.1 Å². The fourth-order valence-corrected chi connectivity index (χ4v) is 2.78. The van der Waals surface area contributed by atoms with Crippen LogP contribution in [0.4, 0.5) is 5.69 Å². The molecule has 0 fully saturated rings. The van der Waals surface area contributed by atoms with Crippen molar-refractivity contribution in [1.82, 2.24) is 5.32 Å². The molecule has 0 aromatic heterocycles. The lowest BCUT2D eigenvalue weighted by Gasteiger charge is -2.06. The van der Waals surface area contributed by atoms with E-state index in [1.54, 1.807) is 30.8 Å². The predicted molar refractivity (Wildman–Crippen MR) is 86.7 cm³/mol. The SMILES string of the molecule is Cc1ccc(CNCCSc2ccccc2)cc1[N+](=O)[O-]. The molecule has 0 spiro atoms. The molecule has 5 heteroatoms. The third-order valence-electron chi connectivity index (χ3n) is 3.09. The van der Waals surface area contributed by atoms with Gasteiger partial charge in [0.25, 0.3) is 5.69 Å². The molecule has 0 amide bonds. The van der Waals surface area contributed by atoms with E-state index >= 15 is 0 Å². The number of rotatable bonds is 7. The largest absolute Gasteiger partial charge is 0.312 e. The van der Waals surface area contributed by atoms with Crippen LogP contribution < -0.4 is 5.32 Å². The maximum atomic E-state index is 10.9. The van der Waals surface area contributed by atoms with Gasteiger partial charge in [-0.1, -0.05) is 30.3 Å². The van der Waals surface area contributed by atoms with Crippen molar-refractivity contribution in [2.45, 2.75) is 18.4 Å². The van der Waals surface area contributed by atoms with Crippen molar-refractivity contribution in [3.05, 3.63) is 69.8 Å². The number of hydrogen-bond acceptors (Lipinski definition) is 4. The van der Waals surface area contributed by atoms with Crippen LogP contribution in [0.3, 0.4) is 0 Å². The molecule has 2 aromatic carbocycles.